The number of benzene rings is 1. The Kier molecular flexibility index (Phi) is 4.45. The Morgan fingerprint density at radius 2 is 1.96 bits per heavy atom. The van der Waals surface area contributed by atoms with E-state index in [1.165, 1.54) is 18.0 Å². The number of nitrogens with zero attached hydrogens (tertiary/aromatic N) is 1. The lowest BCUT2D eigenvalue weighted by Gasteiger charge is -2.24. The summed E-state index contributed by atoms with van der Waals surface area (Å²) in [6.07, 6.45) is 1.36. The van der Waals surface area contributed by atoms with Crippen LogP contribution < -0.4 is 5.32 Å². The molecule has 8 heteroatoms. The normalized spacial score (nSPS) is 16.7. The Balaban J connectivity index is 1.95. The van der Waals surface area contributed by atoms with Crippen molar-refractivity contribution >= 4 is 58.4 Å². The first-order valence-electron chi connectivity index (χ1n) is 6.77. The van der Waals surface area contributed by atoms with Gasteiger partial charge in [0.2, 0.25) is 0 Å². The molecule has 1 N–H and O–H groups in total. The zero-order valence-corrected chi connectivity index (χ0v) is 14.6. The lowest BCUT2D eigenvalue weighted by Crippen LogP contribution is -2.52. The molecule has 122 valence electrons. The van der Waals surface area contributed by atoms with Crippen LogP contribution in [0.25, 0.3) is 17.4 Å². The number of nitrogens with one attached hydrogen (secondary N) is 1. The Morgan fingerprint density at radius 1 is 1.21 bits per heavy atom. The van der Waals surface area contributed by atoms with Gasteiger partial charge >= 0.3 is 0 Å². The van der Waals surface area contributed by atoms with Crippen molar-refractivity contribution in [2.45, 2.75) is 0 Å². The fourth-order valence-electron chi connectivity index (χ4n) is 2.15. The van der Waals surface area contributed by atoms with Gasteiger partial charge in [0.25, 0.3) is 11.8 Å². The van der Waals surface area contributed by atoms with Crippen LogP contribution in [0, 0.1) is 0 Å². The van der Waals surface area contributed by atoms with Gasteiger partial charge in [-0.3, -0.25) is 19.8 Å². The fourth-order valence-corrected chi connectivity index (χ4v) is 2.83. The predicted octanol–water partition coefficient (Wildman–Crippen LogP) is 3.51. The lowest BCUT2D eigenvalue weighted by atomic mass is 10.1. The first-order chi connectivity index (χ1) is 11.4. The van der Waals surface area contributed by atoms with Gasteiger partial charge in [0, 0.05) is 17.6 Å². The van der Waals surface area contributed by atoms with Crippen molar-refractivity contribution in [3.63, 3.8) is 0 Å². The standard InChI is InChI=1S/C16H10Cl2N2O3S/c1-20-15(22)11(14(21)19-16(20)24)7-9-3-5-13(23-9)10-4-2-8(17)6-12(10)18/h2-7H,1H3,(H,19,21,24)/b11-7+. The molecule has 2 heterocycles. The van der Waals surface area contributed by atoms with Gasteiger partial charge < -0.3 is 4.42 Å². The average Bonchev–Trinajstić information content (AvgIpc) is 2.98. The van der Waals surface area contributed by atoms with Gasteiger partial charge in [0.15, 0.2) is 5.11 Å². The number of amides is 2. The number of rotatable bonds is 2. The minimum absolute atomic E-state index is 0.0609. The average molecular weight is 381 g/mol. The molecular formula is C16H10Cl2N2O3S. The summed E-state index contributed by atoms with van der Waals surface area (Å²) in [6.45, 7) is 0. The number of carbonyl (C=O) groups excluding carboxylic acids is 2. The van der Waals surface area contributed by atoms with Gasteiger partial charge in [0.1, 0.15) is 17.1 Å². The van der Waals surface area contributed by atoms with E-state index in [0.717, 1.165) is 0 Å². The molecule has 0 bridgehead atoms. The molecule has 1 saturated heterocycles. The van der Waals surface area contributed by atoms with Crippen LogP contribution in [0.4, 0.5) is 0 Å². The van der Waals surface area contributed by atoms with Gasteiger partial charge in [-0.15, -0.1) is 0 Å². The van der Waals surface area contributed by atoms with Gasteiger partial charge in [-0.2, -0.15) is 0 Å². The fraction of sp³-hybridized carbons (Fsp3) is 0.0625. The van der Waals surface area contributed by atoms with E-state index in [2.05, 4.69) is 5.32 Å². The van der Waals surface area contributed by atoms with Gasteiger partial charge in [-0.1, -0.05) is 23.2 Å². The third-order valence-corrected chi connectivity index (χ3v) is 4.34. The summed E-state index contributed by atoms with van der Waals surface area (Å²) < 4.78 is 5.66. The third-order valence-electron chi connectivity index (χ3n) is 3.41. The summed E-state index contributed by atoms with van der Waals surface area (Å²) in [4.78, 5) is 25.3. The van der Waals surface area contributed by atoms with Crippen molar-refractivity contribution in [3.8, 4) is 11.3 Å². The Hall–Kier alpha value is -2.15. The molecule has 2 amide bonds. The smallest absolute Gasteiger partial charge is 0.265 e. The van der Waals surface area contributed by atoms with Crippen molar-refractivity contribution in [2.24, 2.45) is 0 Å². The van der Waals surface area contributed by atoms with Crippen LogP contribution in [0.15, 0.2) is 40.3 Å². The van der Waals surface area contributed by atoms with Crippen LogP contribution >= 0.6 is 35.4 Å². The van der Waals surface area contributed by atoms with Crippen LogP contribution in [0.1, 0.15) is 5.76 Å². The van der Waals surface area contributed by atoms with E-state index in [1.54, 1.807) is 30.3 Å². The maximum absolute atomic E-state index is 12.2. The van der Waals surface area contributed by atoms with E-state index in [4.69, 9.17) is 39.8 Å². The number of thiocarbonyl (C=S) groups is 1. The number of likely N-dealkylation sites (N-methyl/N-ethyl adjacent to an activating group) is 1. The van der Waals surface area contributed by atoms with E-state index in [0.29, 0.717) is 27.1 Å². The van der Waals surface area contributed by atoms with E-state index in [9.17, 15) is 9.59 Å². The van der Waals surface area contributed by atoms with E-state index >= 15 is 0 Å². The molecule has 0 aliphatic carbocycles. The molecular weight excluding hydrogens is 371 g/mol. The Labute approximate surface area is 152 Å². The molecule has 0 unspecified atom stereocenters. The van der Waals surface area contributed by atoms with Crippen molar-refractivity contribution in [2.75, 3.05) is 7.05 Å². The molecule has 0 spiro atoms. The summed E-state index contributed by atoms with van der Waals surface area (Å²) >= 11 is 16.9. The Morgan fingerprint density at radius 3 is 2.67 bits per heavy atom. The molecule has 24 heavy (non-hydrogen) atoms. The zero-order chi connectivity index (χ0) is 17.4. The topological polar surface area (TPSA) is 62.6 Å². The van der Waals surface area contributed by atoms with E-state index < -0.39 is 11.8 Å². The molecule has 0 saturated carbocycles. The minimum atomic E-state index is -0.564. The molecule has 1 fully saturated rings. The summed E-state index contributed by atoms with van der Waals surface area (Å²) in [5, 5.41) is 3.45. The van der Waals surface area contributed by atoms with Crippen LogP contribution in [-0.2, 0) is 9.59 Å². The molecule has 0 atom stereocenters. The number of hydrogen-bond donors (Lipinski definition) is 1. The molecule has 2 aromatic rings. The quantitative estimate of drug-likeness (QED) is 0.491. The monoisotopic (exact) mass is 380 g/mol. The van der Waals surface area contributed by atoms with Gasteiger partial charge in [-0.05, 0) is 48.6 Å². The molecule has 0 radical (unpaired) electrons. The van der Waals surface area contributed by atoms with Crippen molar-refractivity contribution in [1.82, 2.24) is 10.2 Å². The van der Waals surface area contributed by atoms with Crippen LogP contribution in [-0.4, -0.2) is 28.9 Å². The second-order valence-corrected chi connectivity index (χ2v) is 6.24. The van der Waals surface area contributed by atoms with Crippen LogP contribution in [0.2, 0.25) is 10.0 Å². The highest BCUT2D eigenvalue weighted by Gasteiger charge is 2.31. The first-order valence-corrected chi connectivity index (χ1v) is 7.93. The largest absolute Gasteiger partial charge is 0.457 e. The minimum Gasteiger partial charge on any atom is -0.457 e. The van der Waals surface area contributed by atoms with Crippen molar-refractivity contribution in [1.29, 1.82) is 0 Å². The summed E-state index contributed by atoms with van der Waals surface area (Å²) in [7, 11) is 1.49. The molecule has 1 aliphatic rings. The number of hydrogen-bond acceptors (Lipinski definition) is 4. The molecule has 1 aliphatic heterocycles. The van der Waals surface area contributed by atoms with Crippen LogP contribution in [0.5, 0.6) is 0 Å². The highest BCUT2D eigenvalue weighted by molar-refractivity contribution is 7.80. The zero-order valence-electron chi connectivity index (χ0n) is 12.3. The van der Waals surface area contributed by atoms with E-state index in [-0.39, 0.29) is 10.7 Å². The number of furan rings is 1. The van der Waals surface area contributed by atoms with Crippen LogP contribution in [0.3, 0.4) is 0 Å². The predicted molar refractivity (Wildman–Crippen MR) is 95.7 cm³/mol. The summed E-state index contributed by atoms with van der Waals surface area (Å²) in [5.41, 5.74) is 0.595. The number of carbonyl (C=O) groups is 2. The SMILES string of the molecule is CN1C(=O)/C(=C/c2ccc(-c3ccc(Cl)cc3Cl)o2)C(=O)NC1=S. The van der Waals surface area contributed by atoms with Crippen molar-refractivity contribution in [3.05, 3.63) is 51.7 Å². The molecule has 1 aromatic heterocycles. The highest BCUT2D eigenvalue weighted by atomic mass is 35.5. The molecule has 3 rings (SSSR count). The lowest BCUT2D eigenvalue weighted by molar-refractivity contribution is -0.128. The highest BCUT2D eigenvalue weighted by Crippen LogP contribution is 2.32. The second kappa shape index (κ2) is 6.39. The Bertz CT molecular complexity index is 904. The van der Waals surface area contributed by atoms with Gasteiger partial charge in [0.05, 0.1) is 5.02 Å². The summed E-state index contributed by atoms with van der Waals surface area (Å²) in [6, 6.07) is 8.36. The maximum Gasteiger partial charge on any atom is 0.265 e. The molecule has 5 nitrogen and oxygen atoms in total. The third kappa shape index (κ3) is 3.08. The second-order valence-electron chi connectivity index (χ2n) is 5.01. The van der Waals surface area contributed by atoms with Crippen molar-refractivity contribution < 1.29 is 14.0 Å². The molecule has 1 aromatic carbocycles. The van der Waals surface area contributed by atoms with Gasteiger partial charge in [-0.25, -0.2) is 0 Å². The first kappa shape index (κ1) is 16.7. The van der Waals surface area contributed by atoms with E-state index in [1.807, 2.05) is 0 Å². The number of halogens is 2. The maximum atomic E-state index is 12.2. The summed E-state index contributed by atoms with van der Waals surface area (Å²) in [5.74, 6) is -0.219.